The molecule has 0 amide bonds. The molecule has 0 atom stereocenters. The molecule has 1 rings (SSSR count). The lowest BCUT2D eigenvalue weighted by Crippen LogP contribution is -1.84. The zero-order chi connectivity index (χ0) is 9.40. The smallest absolute Gasteiger partial charge is 0.258 e. The Labute approximate surface area is 80.2 Å². The second kappa shape index (κ2) is 6.54. The number of benzene rings is 1. The first-order chi connectivity index (χ1) is 5.72. The minimum atomic E-state index is -0.417. The van der Waals surface area contributed by atoms with Gasteiger partial charge in [0.15, 0.2) is 0 Å². The summed E-state index contributed by atoms with van der Waals surface area (Å²) in [6.07, 6.45) is 0. The first-order valence-corrected chi connectivity index (χ1v) is 3.72. The van der Waals surface area contributed by atoms with Gasteiger partial charge in [-0.25, -0.2) is 0 Å². The molecule has 1 aromatic carbocycles. The van der Waals surface area contributed by atoms with Gasteiger partial charge in [-0.2, -0.15) is 0 Å². The van der Waals surface area contributed by atoms with Crippen molar-refractivity contribution in [2.24, 2.45) is 0 Å². The summed E-state index contributed by atoms with van der Waals surface area (Å²) in [6.45, 7) is 0. The minimum absolute atomic E-state index is 0.137. The molecule has 0 heterocycles. The van der Waals surface area contributed by atoms with Crippen LogP contribution in [0.4, 0.5) is 5.69 Å². The van der Waals surface area contributed by atoms with E-state index in [0.717, 1.165) is 0 Å². The molecule has 1 aromatic rings. The molecule has 0 spiro atoms. The van der Waals surface area contributed by atoms with Crippen LogP contribution in [0.3, 0.4) is 0 Å². The maximum Gasteiger partial charge on any atom is 0.269 e. The van der Waals surface area contributed by atoms with Crippen LogP contribution < -0.4 is 0 Å². The monoisotopic (exact) mass is 199 g/mol. The van der Waals surface area contributed by atoms with Crippen molar-refractivity contribution in [1.29, 1.82) is 0 Å². The van der Waals surface area contributed by atoms with E-state index in [9.17, 15) is 10.1 Å². The Morgan fingerprint density at radius 1 is 1.25 bits per heavy atom. The second-order valence-electron chi connectivity index (χ2n) is 1.68. The molecule has 3 nitrogen and oxygen atoms in total. The molecule has 0 aromatic heterocycles. The summed E-state index contributed by atoms with van der Waals surface area (Å²) in [6, 6.07) is 7.93. The van der Waals surface area contributed by atoms with Crippen molar-refractivity contribution in [2.45, 2.75) is 0 Å². The predicted octanol–water partition coefficient (Wildman–Crippen LogP) is 2.61. The summed E-state index contributed by atoms with van der Waals surface area (Å²) in [5, 5.41) is 10.0. The van der Waals surface area contributed by atoms with Crippen molar-refractivity contribution >= 4 is 34.4 Å². The maximum atomic E-state index is 10.0. The Morgan fingerprint density at radius 2 is 1.67 bits per heavy atom. The van der Waals surface area contributed by atoms with Crippen molar-refractivity contribution in [3.63, 3.8) is 0 Å². The Balaban J connectivity index is 0.000000354. The van der Waals surface area contributed by atoms with Crippen LogP contribution in [0, 0.1) is 10.1 Å². The predicted molar refractivity (Wildman–Crippen MR) is 53.3 cm³/mol. The van der Waals surface area contributed by atoms with Crippen LogP contribution in [0.1, 0.15) is 0 Å². The third-order valence-electron chi connectivity index (χ3n) is 0.967. The number of rotatable bonds is 1. The van der Waals surface area contributed by atoms with Gasteiger partial charge in [0.2, 0.25) is 0 Å². The molecule has 0 fully saturated rings. The largest absolute Gasteiger partial charge is 0.269 e. The van der Waals surface area contributed by atoms with E-state index in [1.165, 1.54) is 12.1 Å². The van der Waals surface area contributed by atoms with E-state index in [1.807, 2.05) is 4.31 Å². The molecule has 5 heteroatoms. The standard InChI is InChI=1S/C6H5NO2.CS2/c8-7(9)6-4-2-1-3-5-6;2-1-3/h1-5H;. The fraction of sp³-hybridized carbons (Fsp3) is 0. The number of hydrogen-bond donors (Lipinski definition) is 0. The molecule has 62 valence electrons. The van der Waals surface area contributed by atoms with Crippen molar-refractivity contribution in [2.75, 3.05) is 0 Å². The molecular weight excluding hydrogens is 194 g/mol. The molecule has 0 radical (unpaired) electrons. The van der Waals surface area contributed by atoms with Crippen molar-refractivity contribution < 1.29 is 4.92 Å². The number of nitrogens with zero attached hydrogens (tertiary/aromatic N) is 1. The van der Waals surface area contributed by atoms with E-state index in [4.69, 9.17) is 0 Å². The highest BCUT2D eigenvalue weighted by Crippen LogP contribution is 2.06. The van der Waals surface area contributed by atoms with Crippen molar-refractivity contribution in [3.8, 4) is 0 Å². The summed E-state index contributed by atoms with van der Waals surface area (Å²) in [5.74, 6) is 0. The van der Waals surface area contributed by atoms with Crippen LogP contribution in [0.25, 0.3) is 0 Å². The molecule has 0 unspecified atom stereocenters. The second-order valence-corrected chi connectivity index (χ2v) is 2.34. The van der Waals surface area contributed by atoms with Crippen LogP contribution in [0.2, 0.25) is 0 Å². The van der Waals surface area contributed by atoms with Crippen LogP contribution >= 0.6 is 24.4 Å². The van der Waals surface area contributed by atoms with Gasteiger partial charge in [-0.1, -0.05) is 18.2 Å². The van der Waals surface area contributed by atoms with E-state index in [2.05, 4.69) is 24.4 Å². The van der Waals surface area contributed by atoms with Gasteiger partial charge in [-0.3, -0.25) is 10.1 Å². The van der Waals surface area contributed by atoms with Gasteiger partial charge in [0.25, 0.3) is 5.69 Å². The molecule has 0 aliphatic rings. The normalized spacial score (nSPS) is 7.33. The number of nitro groups is 1. The molecule has 0 bridgehead atoms. The van der Waals surface area contributed by atoms with Crippen LogP contribution in [0.5, 0.6) is 0 Å². The van der Waals surface area contributed by atoms with E-state index in [-0.39, 0.29) is 5.69 Å². The molecule has 0 aliphatic heterocycles. The summed E-state index contributed by atoms with van der Waals surface area (Å²) in [4.78, 5) is 9.59. The number of thiocarbonyl (C=S) groups is 2. The third-order valence-corrected chi connectivity index (χ3v) is 0.967. The van der Waals surface area contributed by atoms with Crippen LogP contribution in [-0.4, -0.2) is 9.24 Å². The highest BCUT2D eigenvalue weighted by molar-refractivity contribution is 7.93. The number of para-hydroxylation sites is 1. The molecule has 0 saturated heterocycles. The Hall–Kier alpha value is -1.16. The average Bonchev–Trinajstić information content (AvgIpc) is 2.07. The lowest BCUT2D eigenvalue weighted by molar-refractivity contribution is -0.384. The van der Waals surface area contributed by atoms with E-state index in [0.29, 0.717) is 0 Å². The third kappa shape index (κ3) is 4.62. The highest BCUT2D eigenvalue weighted by Gasteiger charge is 1.98. The van der Waals surface area contributed by atoms with Gasteiger partial charge in [0, 0.05) is 16.4 Å². The van der Waals surface area contributed by atoms with Gasteiger partial charge in [-0.05, 0) is 24.4 Å². The Bertz CT molecular complexity index is 281. The van der Waals surface area contributed by atoms with Gasteiger partial charge >= 0.3 is 0 Å². The van der Waals surface area contributed by atoms with Gasteiger partial charge in [0.1, 0.15) is 0 Å². The van der Waals surface area contributed by atoms with E-state index >= 15 is 0 Å². The summed E-state index contributed by atoms with van der Waals surface area (Å²) < 4.78 is 1.92. The van der Waals surface area contributed by atoms with Crippen molar-refractivity contribution in [3.05, 3.63) is 40.4 Å². The fourth-order valence-corrected chi connectivity index (χ4v) is 0.550. The SMILES string of the molecule is O=[N+]([O-])c1ccccc1.S=C=S. The Morgan fingerprint density at radius 3 is 1.92 bits per heavy atom. The summed E-state index contributed by atoms with van der Waals surface area (Å²) in [7, 11) is 0. The lowest BCUT2D eigenvalue weighted by Gasteiger charge is -1.85. The molecule has 12 heavy (non-hydrogen) atoms. The quantitative estimate of drug-likeness (QED) is 0.396. The number of non-ortho nitro benzene ring substituents is 1. The van der Waals surface area contributed by atoms with Crippen LogP contribution in [-0.2, 0) is 0 Å². The minimum Gasteiger partial charge on any atom is -0.258 e. The maximum absolute atomic E-state index is 10.0. The first kappa shape index (κ1) is 10.8. The Kier molecular flexibility index (Phi) is 5.91. The number of nitro benzene ring substituents is 1. The van der Waals surface area contributed by atoms with Crippen molar-refractivity contribution in [1.82, 2.24) is 0 Å². The fourth-order valence-electron chi connectivity index (χ4n) is 0.550. The average molecular weight is 199 g/mol. The first-order valence-electron chi connectivity index (χ1n) is 2.91. The van der Waals surface area contributed by atoms with Gasteiger partial charge in [-0.15, -0.1) is 0 Å². The lowest BCUT2D eigenvalue weighted by atomic mass is 10.3. The number of hydrogen-bond acceptors (Lipinski definition) is 4. The van der Waals surface area contributed by atoms with Gasteiger partial charge < -0.3 is 0 Å². The molecule has 0 N–H and O–H groups in total. The summed E-state index contributed by atoms with van der Waals surface area (Å²) >= 11 is 7.92. The zero-order valence-electron chi connectivity index (χ0n) is 5.97. The zero-order valence-corrected chi connectivity index (χ0v) is 7.60. The highest BCUT2D eigenvalue weighted by atomic mass is 32.1. The molecular formula is C7H5NO2S2. The molecule has 0 saturated carbocycles. The van der Waals surface area contributed by atoms with Gasteiger partial charge in [0.05, 0.1) is 4.92 Å². The van der Waals surface area contributed by atoms with E-state index in [1.54, 1.807) is 18.2 Å². The molecule has 0 aliphatic carbocycles. The van der Waals surface area contributed by atoms with Crippen LogP contribution in [0.15, 0.2) is 30.3 Å². The topological polar surface area (TPSA) is 43.1 Å². The van der Waals surface area contributed by atoms with E-state index < -0.39 is 4.92 Å². The summed E-state index contributed by atoms with van der Waals surface area (Å²) in [5.41, 5.74) is 0.137.